The van der Waals surface area contributed by atoms with Crippen molar-refractivity contribution in [2.45, 2.75) is 31.5 Å². The van der Waals surface area contributed by atoms with Crippen molar-refractivity contribution in [1.82, 2.24) is 4.90 Å². The van der Waals surface area contributed by atoms with E-state index in [0.717, 1.165) is 30.8 Å². The van der Waals surface area contributed by atoms with Gasteiger partial charge in [-0.05, 0) is 18.9 Å². The molecule has 0 aliphatic carbocycles. The van der Waals surface area contributed by atoms with Gasteiger partial charge in [-0.3, -0.25) is 15.0 Å². The summed E-state index contributed by atoms with van der Waals surface area (Å²) >= 11 is 1.24. The first kappa shape index (κ1) is 14.4. The van der Waals surface area contributed by atoms with Gasteiger partial charge in [-0.2, -0.15) is 0 Å². The molecule has 0 saturated carbocycles. The van der Waals surface area contributed by atoms with Crippen LogP contribution in [0.1, 0.15) is 17.7 Å². The molecule has 6 nitrogen and oxygen atoms in total. The van der Waals surface area contributed by atoms with Crippen molar-refractivity contribution < 1.29 is 9.66 Å². The molecule has 0 amide bonds. The second kappa shape index (κ2) is 6.42. The van der Waals surface area contributed by atoms with Crippen LogP contribution in [0.3, 0.4) is 0 Å². The van der Waals surface area contributed by atoms with E-state index in [9.17, 15) is 10.1 Å². The maximum absolute atomic E-state index is 10.7. The minimum atomic E-state index is -0.342. The molecular weight excluding hydrogens is 266 g/mol. The molecule has 106 valence electrons. The highest BCUT2D eigenvalue weighted by Gasteiger charge is 2.28. The van der Waals surface area contributed by atoms with E-state index in [1.807, 2.05) is 6.07 Å². The zero-order valence-corrected chi connectivity index (χ0v) is 11.8. The molecule has 1 aromatic rings. The highest BCUT2D eigenvalue weighted by molar-refractivity contribution is 7.15. The normalized spacial score (nSPS) is 24.5. The average molecular weight is 285 g/mol. The molecular formula is C12H19N3O3S. The smallest absolute Gasteiger partial charge is 0.324 e. The van der Waals surface area contributed by atoms with Gasteiger partial charge in [0.1, 0.15) is 0 Å². The fraction of sp³-hybridized carbons (Fsp3) is 0.667. The van der Waals surface area contributed by atoms with Crippen molar-refractivity contribution in [1.29, 1.82) is 0 Å². The molecule has 1 fully saturated rings. The molecule has 19 heavy (non-hydrogen) atoms. The van der Waals surface area contributed by atoms with E-state index in [0.29, 0.717) is 12.6 Å². The van der Waals surface area contributed by atoms with Gasteiger partial charge in [-0.1, -0.05) is 11.3 Å². The zero-order chi connectivity index (χ0) is 13.8. The maximum Gasteiger partial charge on any atom is 0.324 e. The SMILES string of the molecule is COC1CCN(Cc2ccc([N+](=O)[O-])s2)C(CN)C1. The summed E-state index contributed by atoms with van der Waals surface area (Å²) < 4.78 is 5.39. The van der Waals surface area contributed by atoms with Gasteiger partial charge < -0.3 is 10.5 Å². The topological polar surface area (TPSA) is 81.6 Å². The van der Waals surface area contributed by atoms with Crippen molar-refractivity contribution in [3.05, 3.63) is 27.1 Å². The van der Waals surface area contributed by atoms with Crippen LogP contribution in [0.15, 0.2) is 12.1 Å². The summed E-state index contributed by atoms with van der Waals surface area (Å²) in [5.41, 5.74) is 5.82. The lowest BCUT2D eigenvalue weighted by atomic mass is 9.99. The Balaban J connectivity index is 1.99. The third kappa shape index (κ3) is 3.50. The minimum Gasteiger partial charge on any atom is -0.381 e. The first-order valence-corrected chi connectivity index (χ1v) is 7.15. The number of piperidine rings is 1. The number of likely N-dealkylation sites (tertiary alicyclic amines) is 1. The minimum absolute atomic E-state index is 0.200. The van der Waals surface area contributed by atoms with Gasteiger partial charge in [-0.15, -0.1) is 0 Å². The summed E-state index contributed by atoms with van der Waals surface area (Å²) in [6.45, 7) is 2.25. The fourth-order valence-corrected chi connectivity index (χ4v) is 3.33. The molecule has 0 radical (unpaired) electrons. The van der Waals surface area contributed by atoms with E-state index in [4.69, 9.17) is 10.5 Å². The fourth-order valence-electron chi connectivity index (χ4n) is 2.48. The van der Waals surface area contributed by atoms with E-state index in [-0.39, 0.29) is 16.0 Å². The first-order valence-electron chi connectivity index (χ1n) is 6.34. The summed E-state index contributed by atoms with van der Waals surface area (Å²) in [5.74, 6) is 0. The number of nitro groups is 1. The van der Waals surface area contributed by atoms with Gasteiger partial charge in [0.05, 0.1) is 11.0 Å². The Morgan fingerprint density at radius 2 is 2.42 bits per heavy atom. The predicted octanol–water partition coefficient (Wildman–Crippen LogP) is 1.59. The van der Waals surface area contributed by atoms with Gasteiger partial charge in [0, 0.05) is 43.7 Å². The highest BCUT2D eigenvalue weighted by Crippen LogP contribution is 2.27. The number of ether oxygens (including phenoxy) is 1. The lowest BCUT2D eigenvalue weighted by Gasteiger charge is -2.38. The predicted molar refractivity (Wildman–Crippen MR) is 74.3 cm³/mol. The molecule has 2 N–H and O–H groups in total. The van der Waals surface area contributed by atoms with Gasteiger partial charge in [0.15, 0.2) is 0 Å². The molecule has 0 bridgehead atoms. The van der Waals surface area contributed by atoms with Crippen LogP contribution >= 0.6 is 11.3 Å². The van der Waals surface area contributed by atoms with Crippen molar-refractivity contribution in [2.24, 2.45) is 5.73 Å². The van der Waals surface area contributed by atoms with Gasteiger partial charge >= 0.3 is 5.00 Å². The van der Waals surface area contributed by atoms with E-state index in [1.165, 1.54) is 11.3 Å². The first-order chi connectivity index (χ1) is 9.13. The van der Waals surface area contributed by atoms with E-state index in [1.54, 1.807) is 13.2 Å². The Morgan fingerprint density at radius 1 is 1.63 bits per heavy atom. The van der Waals surface area contributed by atoms with Gasteiger partial charge in [0.25, 0.3) is 0 Å². The molecule has 1 aromatic heterocycles. The molecule has 1 saturated heterocycles. The molecule has 2 heterocycles. The summed E-state index contributed by atoms with van der Waals surface area (Å²) in [5, 5.41) is 10.9. The van der Waals surface area contributed by atoms with Gasteiger partial charge in [0.2, 0.25) is 0 Å². The number of nitrogens with two attached hydrogens (primary N) is 1. The van der Waals surface area contributed by atoms with Gasteiger partial charge in [-0.25, -0.2) is 0 Å². The quantitative estimate of drug-likeness (QED) is 0.656. The third-order valence-corrected chi connectivity index (χ3v) is 4.60. The Labute approximate surface area is 116 Å². The molecule has 2 atom stereocenters. The second-order valence-corrected chi connectivity index (χ2v) is 5.89. The van der Waals surface area contributed by atoms with Crippen molar-refractivity contribution in [3.63, 3.8) is 0 Å². The van der Waals surface area contributed by atoms with Crippen LogP contribution in [-0.2, 0) is 11.3 Å². The number of hydrogen-bond acceptors (Lipinski definition) is 6. The molecule has 1 aliphatic heterocycles. The number of thiophene rings is 1. The Morgan fingerprint density at radius 3 is 3.00 bits per heavy atom. The van der Waals surface area contributed by atoms with Crippen LogP contribution in [0.2, 0.25) is 0 Å². The lowest BCUT2D eigenvalue weighted by molar-refractivity contribution is -0.380. The maximum atomic E-state index is 10.7. The summed E-state index contributed by atoms with van der Waals surface area (Å²) in [6, 6.07) is 3.69. The number of rotatable bonds is 5. The standard InChI is InChI=1S/C12H19N3O3S/c1-18-10-4-5-14(9(6-10)7-13)8-11-2-3-12(19-11)15(16)17/h2-3,9-10H,4-8,13H2,1H3. The van der Waals surface area contributed by atoms with Crippen LogP contribution < -0.4 is 5.73 Å². The highest BCUT2D eigenvalue weighted by atomic mass is 32.1. The van der Waals surface area contributed by atoms with E-state index in [2.05, 4.69) is 4.90 Å². The van der Waals surface area contributed by atoms with Crippen molar-refractivity contribution in [3.8, 4) is 0 Å². The second-order valence-electron chi connectivity index (χ2n) is 4.74. The van der Waals surface area contributed by atoms with E-state index < -0.39 is 0 Å². The zero-order valence-electron chi connectivity index (χ0n) is 10.9. The summed E-state index contributed by atoms with van der Waals surface area (Å²) in [4.78, 5) is 13.6. The van der Waals surface area contributed by atoms with Crippen molar-refractivity contribution >= 4 is 16.3 Å². The van der Waals surface area contributed by atoms with Crippen LogP contribution in [0, 0.1) is 10.1 Å². The molecule has 2 rings (SSSR count). The van der Waals surface area contributed by atoms with Crippen LogP contribution in [0.25, 0.3) is 0 Å². The Kier molecular flexibility index (Phi) is 4.87. The molecule has 7 heteroatoms. The summed E-state index contributed by atoms with van der Waals surface area (Å²) in [7, 11) is 1.73. The van der Waals surface area contributed by atoms with Crippen LogP contribution in [0.5, 0.6) is 0 Å². The monoisotopic (exact) mass is 285 g/mol. The van der Waals surface area contributed by atoms with E-state index >= 15 is 0 Å². The third-order valence-electron chi connectivity index (χ3n) is 3.58. The lowest BCUT2D eigenvalue weighted by Crippen LogP contribution is -2.47. The van der Waals surface area contributed by atoms with Crippen LogP contribution in [-0.4, -0.2) is 42.2 Å². The number of nitrogens with zero attached hydrogens (tertiary/aromatic N) is 2. The molecule has 1 aliphatic rings. The molecule has 0 aromatic carbocycles. The molecule has 0 spiro atoms. The Hall–Kier alpha value is -1.02. The number of methoxy groups -OCH3 is 1. The van der Waals surface area contributed by atoms with Crippen molar-refractivity contribution in [2.75, 3.05) is 20.2 Å². The Bertz CT molecular complexity index is 438. The molecule has 2 unspecified atom stereocenters. The largest absolute Gasteiger partial charge is 0.381 e. The number of hydrogen-bond donors (Lipinski definition) is 1. The average Bonchev–Trinajstić information content (AvgIpc) is 2.88. The summed E-state index contributed by atoms with van der Waals surface area (Å²) in [6.07, 6.45) is 2.20. The van der Waals surface area contributed by atoms with Crippen LogP contribution in [0.4, 0.5) is 5.00 Å².